The third-order valence-corrected chi connectivity index (χ3v) is 3.30. The van der Waals surface area contributed by atoms with Crippen molar-refractivity contribution >= 4 is 17.2 Å². The lowest BCUT2D eigenvalue weighted by molar-refractivity contribution is -0.349. The largest absolute Gasteiger partial charge is 0.437 e. The Balaban J connectivity index is 2.10. The van der Waals surface area contributed by atoms with Crippen LogP contribution in [0.15, 0.2) is 65.8 Å². The van der Waals surface area contributed by atoms with E-state index < -0.39 is 10.8 Å². The Morgan fingerprint density at radius 3 is 2.12 bits per heavy atom. The first kappa shape index (κ1) is 16.2. The fraction of sp³-hybridized carbons (Fsp3) is 0.125. The second-order valence-electron chi connectivity index (χ2n) is 4.97. The quantitative estimate of drug-likeness (QED) is 0.307. The highest BCUT2D eigenvalue weighted by Crippen LogP contribution is 2.25. The minimum Gasteiger partial charge on any atom is -0.358 e. The van der Waals surface area contributed by atoms with Crippen molar-refractivity contribution in [3.05, 3.63) is 76.6 Å². The molecule has 0 unspecified atom stereocenters. The van der Waals surface area contributed by atoms with Gasteiger partial charge in [-0.3, -0.25) is 0 Å². The summed E-state index contributed by atoms with van der Waals surface area (Å²) in [5.41, 5.74) is 1.35. The van der Waals surface area contributed by atoms with Crippen molar-refractivity contribution in [3.63, 3.8) is 0 Å². The summed E-state index contributed by atoms with van der Waals surface area (Å²) in [4.78, 5) is 12.2. The van der Waals surface area contributed by atoms with Gasteiger partial charge in [-0.2, -0.15) is 4.80 Å². The van der Waals surface area contributed by atoms with Crippen molar-refractivity contribution in [3.8, 4) is 0 Å². The molecule has 0 aliphatic heterocycles. The van der Waals surface area contributed by atoms with Crippen LogP contribution in [0.2, 0.25) is 0 Å². The molecule has 0 bridgehead atoms. The van der Waals surface area contributed by atoms with E-state index in [4.69, 9.17) is 0 Å². The predicted octanol–water partition coefficient (Wildman–Crippen LogP) is 2.47. The molecule has 0 saturated carbocycles. The van der Waals surface area contributed by atoms with Crippen LogP contribution in [0.25, 0.3) is 0 Å². The summed E-state index contributed by atoms with van der Waals surface area (Å²) in [6.45, 7) is 2.27. The molecule has 0 radical (unpaired) electrons. The molecule has 0 aliphatic carbocycles. The summed E-state index contributed by atoms with van der Waals surface area (Å²) >= 11 is 0. The maximum Gasteiger partial charge on any atom is 0.437 e. The van der Waals surface area contributed by atoms with Crippen LogP contribution in [-0.4, -0.2) is 31.0 Å². The summed E-state index contributed by atoms with van der Waals surface area (Å²) in [6.07, 6.45) is 0. The normalized spacial score (nSPS) is 11.3. The van der Waals surface area contributed by atoms with Gasteiger partial charge in [-0.15, -0.1) is 10.1 Å². The van der Waals surface area contributed by atoms with Crippen LogP contribution >= 0.6 is 0 Å². The van der Waals surface area contributed by atoms with E-state index in [1.807, 2.05) is 67.6 Å². The average molecular weight is 337 g/mol. The fourth-order valence-electron chi connectivity index (χ4n) is 2.13. The number of amidine groups is 1. The van der Waals surface area contributed by atoms with Crippen LogP contribution < -0.4 is 5.01 Å². The minimum absolute atomic E-state index is 0.135. The molecule has 25 heavy (non-hydrogen) atoms. The van der Waals surface area contributed by atoms with E-state index in [9.17, 15) is 10.1 Å². The fourth-order valence-corrected chi connectivity index (χ4v) is 2.13. The molecule has 0 amide bonds. The van der Waals surface area contributed by atoms with E-state index in [-0.39, 0.29) is 5.82 Å². The summed E-state index contributed by atoms with van der Waals surface area (Å²) in [5.74, 6) is -0.615. The number of tetrazole rings is 1. The van der Waals surface area contributed by atoms with E-state index in [2.05, 4.69) is 20.5 Å². The van der Waals surface area contributed by atoms with Gasteiger partial charge in [0.05, 0.1) is 23.0 Å². The van der Waals surface area contributed by atoms with Crippen LogP contribution in [0.1, 0.15) is 12.7 Å². The van der Waals surface area contributed by atoms with Crippen molar-refractivity contribution in [1.82, 2.24) is 20.2 Å². The topological polar surface area (TPSA) is 102 Å². The highest BCUT2D eigenvalue weighted by atomic mass is 16.6. The van der Waals surface area contributed by atoms with Gasteiger partial charge in [-0.1, -0.05) is 41.5 Å². The third-order valence-electron chi connectivity index (χ3n) is 3.30. The number of para-hydroxylation sites is 2. The molecule has 1 heterocycles. The highest BCUT2D eigenvalue weighted by molar-refractivity contribution is 5.89. The van der Waals surface area contributed by atoms with Gasteiger partial charge in [0.2, 0.25) is 0 Å². The van der Waals surface area contributed by atoms with Crippen molar-refractivity contribution < 1.29 is 4.92 Å². The Kier molecular flexibility index (Phi) is 4.74. The lowest BCUT2D eigenvalue weighted by atomic mass is 10.2. The molecule has 0 spiro atoms. The Morgan fingerprint density at radius 1 is 1.12 bits per heavy atom. The maximum absolute atomic E-state index is 11.5. The van der Waals surface area contributed by atoms with Crippen molar-refractivity contribution in [2.75, 3.05) is 5.01 Å². The van der Waals surface area contributed by atoms with Gasteiger partial charge in [0.15, 0.2) is 0 Å². The van der Waals surface area contributed by atoms with E-state index in [0.29, 0.717) is 17.9 Å². The molecule has 0 saturated heterocycles. The van der Waals surface area contributed by atoms with Gasteiger partial charge in [0.25, 0.3) is 5.82 Å². The number of anilines is 2. The monoisotopic (exact) mass is 337 g/mol. The number of rotatable bonds is 5. The molecule has 1 aromatic heterocycles. The van der Waals surface area contributed by atoms with Crippen molar-refractivity contribution in [2.45, 2.75) is 13.5 Å². The molecule has 0 atom stereocenters. The number of aromatic nitrogens is 4. The van der Waals surface area contributed by atoms with Crippen LogP contribution in [-0.2, 0) is 6.54 Å². The zero-order valence-corrected chi connectivity index (χ0v) is 13.4. The molecule has 9 nitrogen and oxygen atoms in total. The Labute approximate surface area is 143 Å². The van der Waals surface area contributed by atoms with E-state index in [1.54, 1.807) is 0 Å². The molecule has 3 rings (SSSR count). The van der Waals surface area contributed by atoms with E-state index >= 15 is 0 Å². The van der Waals surface area contributed by atoms with Gasteiger partial charge in [0, 0.05) is 0 Å². The summed E-state index contributed by atoms with van der Waals surface area (Å²) in [6, 6.07) is 18.3. The first-order chi connectivity index (χ1) is 12.2. The molecule has 0 aliphatic rings. The standard InChI is InChI=1S/C16H15N7O2/c1-2-21-18-15(17-20-21)16(23(24)25)19-22(13-9-5-3-6-10-13)14-11-7-4-8-12-14/h3-12H,2H2,1H3. The molecule has 0 fully saturated rings. The van der Waals surface area contributed by atoms with Crippen LogP contribution in [0.4, 0.5) is 11.4 Å². The first-order valence-electron chi connectivity index (χ1n) is 7.60. The second kappa shape index (κ2) is 7.30. The van der Waals surface area contributed by atoms with Gasteiger partial charge in [-0.25, -0.2) is 0 Å². The van der Waals surface area contributed by atoms with Crippen LogP contribution in [0.5, 0.6) is 0 Å². The van der Waals surface area contributed by atoms with Crippen LogP contribution in [0, 0.1) is 10.1 Å². The molecular formula is C16H15N7O2. The van der Waals surface area contributed by atoms with Gasteiger partial charge >= 0.3 is 5.84 Å². The SMILES string of the molecule is CCn1nnc(C(=NN(c2ccccc2)c2ccccc2)[N+](=O)[O-])n1. The average Bonchev–Trinajstić information content (AvgIpc) is 3.12. The number of hydrogen-bond acceptors (Lipinski definition) is 7. The molecular weight excluding hydrogens is 322 g/mol. The van der Waals surface area contributed by atoms with Gasteiger partial charge < -0.3 is 10.1 Å². The lowest BCUT2D eigenvalue weighted by Crippen LogP contribution is -2.21. The number of nitrogens with zero attached hydrogens (tertiary/aromatic N) is 7. The zero-order valence-electron chi connectivity index (χ0n) is 13.4. The van der Waals surface area contributed by atoms with Gasteiger partial charge in [-0.05, 0) is 41.3 Å². The lowest BCUT2D eigenvalue weighted by Gasteiger charge is -2.13. The third kappa shape index (κ3) is 3.66. The number of aryl methyl sites for hydroxylation is 1. The summed E-state index contributed by atoms with van der Waals surface area (Å²) in [7, 11) is 0. The highest BCUT2D eigenvalue weighted by Gasteiger charge is 2.26. The predicted molar refractivity (Wildman–Crippen MR) is 92.0 cm³/mol. The zero-order chi connectivity index (χ0) is 17.6. The Hall–Kier alpha value is -3.62. The number of hydrazone groups is 1. The molecule has 3 aromatic rings. The number of hydrogen-bond donors (Lipinski definition) is 0. The van der Waals surface area contributed by atoms with Gasteiger partial charge in [0.1, 0.15) is 0 Å². The Morgan fingerprint density at radius 2 is 1.68 bits per heavy atom. The Bertz CT molecular complexity index is 838. The summed E-state index contributed by atoms with van der Waals surface area (Å²) in [5, 5.41) is 28.7. The maximum atomic E-state index is 11.5. The molecule has 2 aromatic carbocycles. The van der Waals surface area contributed by atoms with E-state index in [1.165, 1.54) is 9.81 Å². The molecule has 126 valence electrons. The van der Waals surface area contributed by atoms with Crippen molar-refractivity contribution in [1.29, 1.82) is 0 Å². The smallest absolute Gasteiger partial charge is 0.358 e. The van der Waals surface area contributed by atoms with Crippen LogP contribution in [0.3, 0.4) is 0 Å². The number of nitro groups is 1. The number of benzene rings is 2. The minimum atomic E-state index is -0.615. The summed E-state index contributed by atoms with van der Waals surface area (Å²) < 4.78 is 0. The first-order valence-corrected chi connectivity index (χ1v) is 7.60. The second-order valence-corrected chi connectivity index (χ2v) is 4.97. The van der Waals surface area contributed by atoms with E-state index in [0.717, 1.165) is 0 Å². The van der Waals surface area contributed by atoms with Crippen molar-refractivity contribution in [2.24, 2.45) is 5.10 Å². The molecule has 0 N–H and O–H groups in total. The molecule has 9 heteroatoms.